The van der Waals surface area contributed by atoms with Crippen molar-refractivity contribution in [3.8, 4) is 0 Å². The van der Waals surface area contributed by atoms with Gasteiger partial charge in [0.2, 0.25) is 0 Å². The molecule has 3 aliphatic heterocycles. The number of nitrogens with zero attached hydrogens (tertiary/aromatic N) is 3. The fourth-order valence-corrected chi connectivity index (χ4v) is 3.92. The fraction of sp³-hybridized carbons (Fsp3) is 0.562. The van der Waals surface area contributed by atoms with Gasteiger partial charge in [-0.05, 0) is 13.0 Å². The Kier molecular flexibility index (Phi) is 3.77. The minimum absolute atomic E-state index is 0.00365. The smallest absolute Gasteiger partial charge is 0.255 e. The van der Waals surface area contributed by atoms with Gasteiger partial charge in [0.15, 0.2) is 12.0 Å². The van der Waals surface area contributed by atoms with E-state index in [9.17, 15) is 24.5 Å². The lowest BCUT2D eigenvalue weighted by Crippen LogP contribution is -2.60. The van der Waals surface area contributed by atoms with Crippen molar-refractivity contribution in [2.45, 2.75) is 37.0 Å². The first-order valence-electron chi connectivity index (χ1n) is 8.22. The van der Waals surface area contributed by atoms with Gasteiger partial charge in [0.05, 0.1) is 18.6 Å². The quantitative estimate of drug-likeness (QED) is 0.465. The van der Waals surface area contributed by atoms with Gasteiger partial charge < -0.3 is 20.1 Å². The molecule has 6 atom stereocenters. The number of aliphatic hydroxyl groups is 3. The highest BCUT2D eigenvalue weighted by Gasteiger charge is 2.60. The maximum absolute atomic E-state index is 14.7. The number of allylic oxidation sites excluding steroid dienone is 2. The van der Waals surface area contributed by atoms with Crippen LogP contribution in [0.4, 0.5) is 4.39 Å². The molecule has 4 aliphatic rings. The van der Waals surface area contributed by atoms with Gasteiger partial charge in [0, 0.05) is 0 Å². The molecule has 3 heterocycles. The van der Waals surface area contributed by atoms with Crippen molar-refractivity contribution in [2.24, 2.45) is 15.6 Å². The van der Waals surface area contributed by atoms with Crippen molar-refractivity contribution in [2.75, 3.05) is 13.2 Å². The molecule has 0 bridgehead atoms. The summed E-state index contributed by atoms with van der Waals surface area (Å²) in [4.78, 5) is 12.4. The van der Waals surface area contributed by atoms with Crippen molar-refractivity contribution in [3.05, 3.63) is 24.3 Å². The highest BCUT2D eigenvalue weighted by Crippen LogP contribution is 2.41. The van der Waals surface area contributed by atoms with E-state index >= 15 is 0 Å². The Morgan fingerprint density at radius 2 is 2.27 bits per heavy atom. The average Bonchev–Trinajstić information content (AvgIpc) is 3.03. The number of ketones is 1. The molecule has 0 amide bonds. The van der Waals surface area contributed by atoms with Crippen LogP contribution in [-0.4, -0.2) is 81.0 Å². The number of hydrogen-bond donors (Lipinski definition) is 4. The van der Waals surface area contributed by atoms with E-state index in [1.165, 1.54) is 13.0 Å². The molecular weight excluding hydrogens is 347 g/mol. The Morgan fingerprint density at radius 1 is 1.50 bits per heavy atom. The molecule has 9 nitrogen and oxygen atoms in total. The number of hydrogen-bond acceptors (Lipinski definition) is 9. The van der Waals surface area contributed by atoms with Crippen LogP contribution in [0.2, 0.25) is 0 Å². The summed E-state index contributed by atoms with van der Waals surface area (Å²) in [6.07, 6.45) is 2.62. The van der Waals surface area contributed by atoms with Crippen molar-refractivity contribution in [1.29, 1.82) is 0 Å². The number of halogens is 1. The van der Waals surface area contributed by atoms with E-state index < -0.39 is 48.1 Å². The molecule has 10 heteroatoms. The number of carbonyl (C=O) groups is 1. The predicted molar refractivity (Wildman–Crippen MR) is 87.7 cm³/mol. The van der Waals surface area contributed by atoms with Gasteiger partial charge in [-0.2, -0.15) is 9.49 Å². The summed E-state index contributed by atoms with van der Waals surface area (Å²) in [6.45, 7) is 0.803. The molecule has 140 valence electrons. The van der Waals surface area contributed by atoms with E-state index in [-0.39, 0.29) is 18.0 Å². The molecule has 26 heavy (non-hydrogen) atoms. The largest absolute Gasteiger partial charge is 0.394 e. The van der Waals surface area contributed by atoms with Gasteiger partial charge in [-0.25, -0.2) is 0 Å². The number of aliphatic hydroxyl groups excluding tert-OH is 2. The molecule has 0 radical (unpaired) electrons. The maximum atomic E-state index is 14.7. The number of hydrazone groups is 2. The van der Waals surface area contributed by atoms with E-state index in [0.717, 1.165) is 5.01 Å². The number of ether oxygens (including phenoxy) is 1. The molecule has 0 aromatic rings. The SMILES string of the molecule is C[C@@]1(O)[C@H](O)[C@@H](CO)O[C@H]1N1CC23C=CC=CC(=O)C2NN=C3C(F)=N1. The predicted octanol–water partition coefficient (Wildman–Crippen LogP) is -1.58. The van der Waals surface area contributed by atoms with Crippen LogP contribution in [-0.2, 0) is 9.53 Å². The van der Waals surface area contributed by atoms with Crippen molar-refractivity contribution in [1.82, 2.24) is 10.4 Å². The molecule has 1 spiro atoms. The van der Waals surface area contributed by atoms with Crippen LogP contribution in [0.25, 0.3) is 0 Å². The molecular formula is C16H19FN4O5. The molecule has 0 saturated carbocycles. The summed E-state index contributed by atoms with van der Waals surface area (Å²) in [5.41, 5.74) is -0.264. The van der Waals surface area contributed by atoms with Gasteiger partial charge >= 0.3 is 0 Å². The third-order valence-corrected chi connectivity index (χ3v) is 5.35. The third-order valence-electron chi connectivity index (χ3n) is 5.35. The first-order chi connectivity index (χ1) is 12.3. The highest BCUT2D eigenvalue weighted by atomic mass is 19.1. The van der Waals surface area contributed by atoms with Crippen LogP contribution in [0.1, 0.15) is 6.92 Å². The lowest BCUT2D eigenvalue weighted by atomic mass is 9.74. The van der Waals surface area contributed by atoms with E-state index in [0.29, 0.717) is 0 Å². The topological polar surface area (TPSA) is 127 Å². The third kappa shape index (κ3) is 2.19. The highest BCUT2D eigenvalue weighted by molar-refractivity contribution is 6.43. The van der Waals surface area contributed by atoms with E-state index in [1.807, 2.05) is 0 Å². The Labute approximate surface area is 148 Å². The van der Waals surface area contributed by atoms with Crippen LogP contribution in [0.3, 0.4) is 0 Å². The van der Waals surface area contributed by atoms with Gasteiger partial charge in [-0.1, -0.05) is 18.2 Å². The standard InChI is InChI=1S/C16H19FN4O5/c1-15(25)12(24)9(6-22)26-14(15)21-7-16-5-3-2-4-8(23)10(16)18-19-11(16)13(17)20-21/h2-5,9-10,12,14,18,22,24-25H,6-7H2,1H3/t9-,10?,12-,14-,15-,16?/m1/s1. The summed E-state index contributed by atoms with van der Waals surface area (Å²) in [7, 11) is 0. The van der Waals surface area contributed by atoms with Crippen LogP contribution in [0.15, 0.2) is 34.5 Å². The first kappa shape index (κ1) is 17.3. The minimum atomic E-state index is -1.80. The summed E-state index contributed by atoms with van der Waals surface area (Å²) in [5.74, 6) is -1.18. The van der Waals surface area contributed by atoms with Gasteiger partial charge in [-0.15, -0.1) is 5.10 Å². The van der Waals surface area contributed by atoms with E-state index in [1.54, 1.807) is 18.2 Å². The second-order valence-corrected chi connectivity index (χ2v) is 7.05. The van der Waals surface area contributed by atoms with Crippen molar-refractivity contribution >= 4 is 17.5 Å². The van der Waals surface area contributed by atoms with Gasteiger partial charge in [0.25, 0.3) is 5.97 Å². The Morgan fingerprint density at radius 3 is 2.96 bits per heavy atom. The van der Waals surface area contributed by atoms with Crippen LogP contribution in [0, 0.1) is 5.41 Å². The lowest BCUT2D eigenvalue weighted by molar-refractivity contribution is -0.142. The average molecular weight is 366 g/mol. The monoisotopic (exact) mass is 366 g/mol. The number of rotatable bonds is 2. The zero-order valence-electron chi connectivity index (χ0n) is 13.9. The Balaban J connectivity index is 1.73. The summed E-state index contributed by atoms with van der Waals surface area (Å²) in [6, 6.07) is -0.818. The zero-order valence-corrected chi connectivity index (χ0v) is 13.9. The normalized spacial score (nSPS) is 44.2. The molecule has 4 N–H and O–H groups in total. The van der Waals surface area contributed by atoms with Crippen LogP contribution in [0.5, 0.6) is 0 Å². The van der Waals surface area contributed by atoms with E-state index in [2.05, 4.69) is 15.6 Å². The molecule has 0 aromatic heterocycles. The summed E-state index contributed by atoms with van der Waals surface area (Å²) >= 11 is 0. The zero-order chi connectivity index (χ0) is 18.7. The molecule has 4 rings (SSSR count). The minimum Gasteiger partial charge on any atom is -0.394 e. The maximum Gasteiger partial charge on any atom is 0.255 e. The summed E-state index contributed by atoms with van der Waals surface area (Å²) in [5, 5.41) is 39.1. The van der Waals surface area contributed by atoms with E-state index in [4.69, 9.17) is 4.74 Å². The number of nitrogens with one attached hydrogen (secondary N) is 1. The second-order valence-electron chi connectivity index (χ2n) is 7.05. The fourth-order valence-electron chi connectivity index (χ4n) is 3.92. The molecule has 1 aliphatic carbocycles. The molecule has 0 aromatic carbocycles. The Hall–Kier alpha value is -2.14. The van der Waals surface area contributed by atoms with Crippen molar-refractivity contribution < 1.29 is 29.2 Å². The van der Waals surface area contributed by atoms with Gasteiger partial charge in [-0.3, -0.25) is 15.2 Å². The molecule has 1 fully saturated rings. The molecule has 2 unspecified atom stereocenters. The number of carbonyl (C=O) groups excluding carboxylic acids is 1. The second kappa shape index (κ2) is 5.68. The van der Waals surface area contributed by atoms with Gasteiger partial charge in [0.1, 0.15) is 29.6 Å². The summed E-state index contributed by atoms with van der Waals surface area (Å²) < 4.78 is 20.2. The van der Waals surface area contributed by atoms with Crippen LogP contribution < -0.4 is 5.43 Å². The first-order valence-corrected chi connectivity index (χ1v) is 8.22. The lowest BCUT2D eigenvalue weighted by Gasteiger charge is -2.42. The Bertz CT molecular complexity index is 764. The van der Waals surface area contributed by atoms with Crippen LogP contribution >= 0.6 is 0 Å². The van der Waals surface area contributed by atoms with Crippen molar-refractivity contribution in [3.63, 3.8) is 0 Å². The molecule has 1 saturated heterocycles.